The smallest absolute Gasteiger partial charge is 0.264 e. The second-order valence-electron chi connectivity index (χ2n) is 6.06. The van der Waals surface area contributed by atoms with Crippen LogP contribution in [0, 0.1) is 13.8 Å². The van der Waals surface area contributed by atoms with E-state index >= 15 is 0 Å². The van der Waals surface area contributed by atoms with Gasteiger partial charge in [-0.05, 0) is 41.9 Å². The molecule has 26 heavy (non-hydrogen) atoms. The number of halogens is 1. The van der Waals surface area contributed by atoms with Crippen molar-refractivity contribution in [1.29, 1.82) is 0 Å². The van der Waals surface area contributed by atoms with E-state index in [1.807, 2.05) is 19.9 Å². The molecule has 140 valence electrons. The molecule has 0 aromatic carbocycles. The molecule has 0 saturated heterocycles. The van der Waals surface area contributed by atoms with E-state index in [0.29, 0.717) is 11.4 Å². The van der Waals surface area contributed by atoms with Crippen LogP contribution in [-0.2, 0) is 11.3 Å². The largest absolute Gasteiger partial charge is 0.496 e. The van der Waals surface area contributed by atoms with Gasteiger partial charge in [0.1, 0.15) is 5.75 Å². The van der Waals surface area contributed by atoms with Crippen molar-refractivity contribution in [2.75, 3.05) is 27.7 Å². The molecule has 0 atom stereocenters. The number of aryl methyl sites for hydroxylation is 1. The van der Waals surface area contributed by atoms with Gasteiger partial charge in [-0.15, -0.1) is 11.3 Å². The first kappa shape index (κ1) is 20.4. The maximum Gasteiger partial charge on any atom is 0.264 e. The van der Waals surface area contributed by atoms with Gasteiger partial charge in [-0.25, -0.2) is 0 Å². The molecule has 6 nitrogen and oxygen atoms in total. The number of carbonyl (C=O) groups excluding carboxylic acids is 2. The highest BCUT2D eigenvalue weighted by Gasteiger charge is 2.20. The van der Waals surface area contributed by atoms with E-state index in [1.165, 1.54) is 16.2 Å². The molecule has 8 heteroatoms. The summed E-state index contributed by atoms with van der Waals surface area (Å²) in [5.74, 6) is 0.456. The zero-order chi connectivity index (χ0) is 19.4. The number of methoxy groups -OCH3 is 1. The summed E-state index contributed by atoms with van der Waals surface area (Å²) in [6.45, 7) is 4.22. The van der Waals surface area contributed by atoms with Crippen molar-refractivity contribution >= 4 is 39.1 Å². The third-order valence-corrected chi connectivity index (χ3v) is 5.68. The lowest BCUT2D eigenvalue weighted by atomic mass is 10.1. The molecule has 0 spiro atoms. The van der Waals surface area contributed by atoms with Crippen LogP contribution in [0.2, 0.25) is 0 Å². The van der Waals surface area contributed by atoms with Gasteiger partial charge in [0.2, 0.25) is 5.91 Å². The molecule has 0 aliphatic heterocycles. The van der Waals surface area contributed by atoms with Gasteiger partial charge in [-0.2, -0.15) is 0 Å². The van der Waals surface area contributed by atoms with Gasteiger partial charge in [0.25, 0.3) is 5.91 Å². The third-order valence-electron chi connectivity index (χ3n) is 4.07. The molecular formula is C18H22BrN3O3S. The van der Waals surface area contributed by atoms with Crippen molar-refractivity contribution in [2.45, 2.75) is 20.4 Å². The number of rotatable bonds is 6. The second kappa shape index (κ2) is 8.64. The van der Waals surface area contributed by atoms with Gasteiger partial charge in [-0.3, -0.25) is 14.6 Å². The average molecular weight is 440 g/mol. The Morgan fingerprint density at radius 1 is 1.23 bits per heavy atom. The van der Waals surface area contributed by atoms with Gasteiger partial charge in [0.05, 0.1) is 34.6 Å². The number of hydrogen-bond donors (Lipinski definition) is 0. The third kappa shape index (κ3) is 4.62. The van der Waals surface area contributed by atoms with Gasteiger partial charge >= 0.3 is 0 Å². The summed E-state index contributed by atoms with van der Waals surface area (Å²) >= 11 is 4.69. The summed E-state index contributed by atoms with van der Waals surface area (Å²) < 4.78 is 6.29. The van der Waals surface area contributed by atoms with Gasteiger partial charge in [0.15, 0.2) is 0 Å². The molecule has 0 radical (unpaired) electrons. The van der Waals surface area contributed by atoms with Crippen LogP contribution in [0.4, 0.5) is 0 Å². The Morgan fingerprint density at radius 2 is 1.92 bits per heavy atom. The molecule has 2 rings (SSSR count). The predicted octanol–water partition coefficient (Wildman–Crippen LogP) is 3.26. The summed E-state index contributed by atoms with van der Waals surface area (Å²) in [5.41, 5.74) is 2.65. The van der Waals surface area contributed by atoms with E-state index in [2.05, 4.69) is 20.9 Å². The van der Waals surface area contributed by atoms with Crippen LogP contribution in [0.5, 0.6) is 5.75 Å². The normalized spacial score (nSPS) is 10.5. The van der Waals surface area contributed by atoms with Gasteiger partial charge < -0.3 is 14.5 Å². The topological polar surface area (TPSA) is 62.7 Å². The Labute approximate surface area is 165 Å². The molecule has 0 aliphatic carbocycles. The van der Waals surface area contributed by atoms with E-state index in [0.717, 1.165) is 26.4 Å². The van der Waals surface area contributed by atoms with Crippen LogP contribution in [0.3, 0.4) is 0 Å². The Balaban J connectivity index is 2.02. The highest BCUT2D eigenvalue weighted by Crippen LogP contribution is 2.25. The number of likely N-dealkylation sites (N-methyl/N-ethyl adjacent to an activating group) is 2. The molecule has 2 amide bonds. The molecule has 0 N–H and O–H groups in total. The van der Waals surface area contributed by atoms with Crippen LogP contribution >= 0.6 is 27.3 Å². The van der Waals surface area contributed by atoms with Crippen molar-refractivity contribution in [3.8, 4) is 5.75 Å². The first-order valence-corrected chi connectivity index (χ1v) is 9.59. The molecule has 0 fully saturated rings. The Kier molecular flexibility index (Phi) is 6.77. The molecule has 2 aromatic rings. The fraction of sp³-hybridized carbons (Fsp3) is 0.389. The van der Waals surface area contributed by atoms with Crippen LogP contribution in [0.15, 0.2) is 22.1 Å². The number of thiophene rings is 1. The molecular weight excluding hydrogens is 418 g/mol. The van der Waals surface area contributed by atoms with E-state index < -0.39 is 0 Å². The lowest BCUT2D eigenvalue weighted by Gasteiger charge is -2.22. The number of ether oxygens (including phenoxy) is 1. The van der Waals surface area contributed by atoms with Crippen molar-refractivity contribution in [3.63, 3.8) is 0 Å². The summed E-state index contributed by atoms with van der Waals surface area (Å²) in [6.07, 6.45) is 1.74. The summed E-state index contributed by atoms with van der Waals surface area (Å²) in [5, 5.41) is 0. The van der Waals surface area contributed by atoms with Gasteiger partial charge in [0, 0.05) is 31.4 Å². The Morgan fingerprint density at radius 3 is 2.50 bits per heavy atom. The number of amides is 2. The number of carbonyl (C=O) groups is 2. The quantitative estimate of drug-likeness (QED) is 0.692. The van der Waals surface area contributed by atoms with Crippen LogP contribution in [0.25, 0.3) is 0 Å². The second-order valence-corrected chi connectivity index (χ2v) is 8.52. The highest BCUT2D eigenvalue weighted by molar-refractivity contribution is 9.11. The first-order valence-electron chi connectivity index (χ1n) is 7.98. The van der Waals surface area contributed by atoms with E-state index in [9.17, 15) is 9.59 Å². The molecule has 2 heterocycles. The molecule has 0 aliphatic rings. The number of pyridine rings is 1. The van der Waals surface area contributed by atoms with Gasteiger partial charge in [-0.1, -0.05) is 0 Å². The standard InChI is InChI=1S/C18H22BrN3O3S/c1-11-8-20-13(12(2)17(11)25-5)9-21(3)16(23)10-22(4)18(24)14-6-7-15(19)26-14/h6-8H,9-10H2,1-5H3. The van der Waals surface area contributed by atoms with Crippen molar-refractivity contribution < 1.29 is 14.3 Å². The average Bonchev–Trinajstić information content (AvgIpc) is 3.03. The Bertz CT molecular complexity index is 822. The van der Waals surface area contributed by atoms with Crippen LogP contribution < -0.4 is 4.74 Å². The molecule has 2 aromatic heterocycles. The summed E-state index contributed by atoms with van der Waals surface area (Å²) in [4.78, 5) is 32.9. The maximum atomic E-state index is 12.5. The molecule has 0 unspecified atom stereocenters. The lowest BCUT2D eigenvalue weighted by Crippen LogP contribution is -2.39. The minimum atomic E-state index is -0.172. The van der Waals surface area contributed by atoms with E-state index in [1.54, 1.807) is 38.4 Å². The minimum absolute atomic E-state index is 0.00684. The van der Waals surface area contributed by atoms with E-state index in [4.69, 9.17) is 4.74 Å². The van der Waals surface area contributed by atoms with Crippen LogP contribution in [-0.4, -0.2) is 54.3 Å². The first-order chi connectivity index (χ1) is 12.2. The monoisotopic (exact) mass is 439 g/mol. The highest BCUT2D eigenvalue weighted by atomic mass is 79.9. The zero-order valence-electron chi connectivity index (χ0n) is 15.5. The van der Waals surface area contributed by atoms with Crippen molar-refractivity contribution in [1.82, 2.24) is 14.8 Å². The SMILES string of the molecule is COc1c(C)cnc(CN(C)C(=O)CN(C)C(=O)c2ccc(Br)s2)c1C. The lowest BCUT2D eigenvalue weighted by molar-refractivity contribution is -0.130. The van der Waals surface area contributed by atoms with Crippen molar-refractivity contribution in [3.05, 3.63) is 43.8 Å². The number of aromatic nitrogens is 1. The summed E-state index contributed by atoms with van der Waals surface area (Å²) in [6, 6.07) is 3.56. The van der Waals surface area contributed by atoms with E-state index in [-0.39, 0.29) is 18.4 Å². The zero-order valence-corrected chi connectivity index (χ0v) is 17.9. The predicted molar refractivity (Wildman–Crippen MR) is 106 cm³/mol. The fourth-order valence-electron chi connectivity index (χ4n) is 2.56. The number of nitrogens with zero attached hydrogens (tertiary/aromatic N) is 3. The molecule has 0 bridgehead atoms. The summed E-state index contributed by atoms with van der Waals surface area (Å²) in [7, 11) is 4.95. The van der Waals surface area contributed by atoms with Crippen LogP contribution in [0.1, 0.15) is 26.5 Å². The Hall–Kier alpha value is -1.93. The van der Waals surface area contributed by atoms with Crippen molar-refractivity contribution in [2.24, 2.45) is 0 Å². The minimum Gasteiger partial charge on any atom is -0.496 e. The maximum absolute atomic E-state index is 12.5. The number of hydrogen-bond acceptors (Lipinski definition) is 5. The fourth-order valence-corrected chi connectivity index (χ4v) is 3.94. The molecule has 0 saturated carbocycles.